The topological polar surface area (TPSA) is 67.4 Å². The summed E-state index contributed by atoms with van der Waals surface area (Å²) in [5, 5.41) is 17.6. The van der Waals surface area contributed by atoms with Gasteiger partial charge >= 0.3 is 0 Å². The standard InChI is InChI=1S/C24H21BrN2O3/c1-2-16-5-9-19(10-6-16)30-23-14-26-27-24(23)21-12-11-20(13-22(21)28)29-15-17-3-7-18(25)8-4-17/h3-14,28H,2,15H2,1H3,(H,26,27). The molecule has 0 unspecified atom stereocenters. The first-order chi connectivity index (χ1) is 14.6. The molecule has 1 heterocycles. The highest BCUT2D eigenvalue weighted by atomic mass is 79.9. The Morgan fingerprint density at radius 3 is 2.33 bits per heavy atom. The lowest BCUT2D eigenvalue weighted by Crippen LogP contribution is -1.95. The van der Waals surface area contributed by atoms with Crippen LogP contribution in [0.4, 0.5) is 0 Å². The van der Waals surface area contributed by atoms with Crippen molar-refractivity contribution < 1.29 is 14.6 Å². The van der Waals surface area contributed by atoms with Gasteiger partial charge in [0.25, 0.3) is 0 Å². The first kappa shape index (κ1) is 20.0. The maximum absolute atomic E-state index is 10.6. The highest BCUT2D eigenvalue weighted by Crippen LogP contribution is 2.38. The Morgan fingerprint density at radius 1 is 0.933 bits per heavy atom. The van der Waals surface area contributed by atoms with Gasteiger partial charge in [-0.25, -0.2) is 0 Å². The summed E-state index contributed by atoms with van der Waals surface area (Å²) >= 11 is 3.42. The Morgan fingerprint density at radius 2 is 1.63 bits per heavy atom. The number of H-pyrrole nitrogens is 1. The third-order valence-corrected chi connectivity index (χ3v) is 5.25. The molecule has 4 rings (SSSR count). The lowest BCUT2D eigenvalue weighted by atomic mass is 10.1. The van der Waals surface area contributed by atoms with E-state index < -0.39 is 0 Å². The molecular weight excluding hydrogens is 444 g/mol. The van der Waals surface area contributed by atoms with Crippen LogP contribution in [0, 0.1) is 0 Å². The van der Waals surface area contributed by atoms with Gasteiger partial charge in [-0.3, -0.25) is 5.10 Å². The molecule has 0 spiro atoms. The largest absolute Gasteiger partial charge is 0.507 e. The van der Waals surface area contributed by atoms with E-state index in [0.29, 0.717) is 35.1 Å². The third-order valence-electron chi connectivity index (χ3n) is 4.72. The van der Waals surface area contributed by atoms with Crippen molar-refractivity contribution in [1.82, 2.24) is 10.2 Å². The predicted octanol–water partition coefficient (Wildman–Crippen LogP) is 6.48. The van der Waals surface area contributed by atoms with Gasteiger partial charge in [-0.2, -0.15) is 5.10 Å². The molecule has 30 heavy (non-hydrogen) atoms. The lowest BCUT2D eigenvalue weighted by Gasteiger charge is -2.11. The third kappa shape index (κ3) is 4.66. The molecule has 0 aliphatic rings. The fourth-order valence-corrected chi connectivity index (χ4v) is 3.29. The molecule has 0 aliphatic heterocycles. The van der Waals surface area contributed by atoms with Crippen LogP contribution in [-0.4, -0.2) is 15.3 Å². The number of phenolic OH excluding ortho intramolecular Hbond substituents is 1. The van der Waals surface area contributed by atoms with Crippen molar-refractivity contribution in [2.45, 2.75) is 20.0 Å². The van der Waals surface area contributed by atoms with Crippen LogP contribution >= 0.6 is 15.9 Å². The molecule has 1 aromatic heterocycles. The van der Waals surface area contributed by atoms with Crippen LogP contribution in [0.25, 0.3) is 11.3 Å². The van der Waals surface area contributed by atoms with Crippen LogP contribution in [-0.2, 0) is 13.0 Å². The number of benzene rings is 3. The molecule has 2 N–H and O–H groups in total. The maximum Gasteiger partial charge on any atom is 0.173 e. The Labute approximate surface area is 183 Å². The van der Waals surface area contributed by atoms with Crippen molar-refractivity contribution in [3.8, 4) is 34.3 Å². The SMILES string of the molecule is CCc1ccc(Oc2cn[nH]c2-c2ccc(OCc3ccc(Br)cc3)cc2O)cc1. The highest BCUT2D eigenvalue weighted by Gasteiger charge is 2.15. The quantitative estimate of drug-likeness (QED) is 0.328. The van der Waals surface area contributed by atoms with Gasteiger partial charge in [-0.05, 0) is 53.9 Å². The number of nitrogens with zero attached hydrogens (tertiary/aromatic N) is 1. The highest BCUT2D eigenvalue weighted by molar-refractivity contribution is 9.10. The predicted molar refractivity (Wildman–Crippen MR) is 120 cm³/mol. The minimum absolute atomic E-state index is 0.0822. The number of aryl methyl sites for hydroxylation is 1. The zero-order valence-corrected chi connectivity index (χ0v) is 18.0. The number of hydrogen-bond donors (Lipinski definition) is 2. The summed E-state index contributed by atoms with van der Waals surface area (Å²) in [6, 6.07) is 21.0. The molecule has 6 heteroatoms. The van der Waals surface area contributed by atoms with Crippen LogP contribution in [0.1, 0.15) is 18.1 Å². The monoisotopic (exact) mass is 464 g/mol. The molecule has 5 nitrogen and oxygen atoms in total. The van der Waals surface area contributed by atoms with E-state index in [0.717, 1.165) is 16.5 Å². The average Bonchev–Trinajstić information content (AvgIpc) is 3.22. The van der Waals surface area contributed by atoms with Gasteiger partial charge in [0.2, 0.25) is 0 Å². The van der Waals surface area contributed by atoms with Crippen LogP contribution in [0.5, 0.6) is 23.0 Å². The van der Waals surface area contributed by atoms with Crippen molar-refractivity contribution in [2.75, 3.05) is 0 Å². The Hall–Kier alpha value is -3.25. The van der Waals surface area contributed by atoms with Gasteiger partial charge in [0.1, 0.15) is 29.5 Å². The minimum Gasteiger partial charge on any atom is -0.507 e. The number of rotatable bonds is 7. The molecule has 0 fully saturated rings. The molecule has 0 bridgehead atoms. The number of hydrogen-bond acceptors (Lipinski definition) is 4. The smallest absolute Gasteiger partial charge is 0.173 e. The molecule has 4 aromatic rings. The van der Waals surface area contributed by atoms with E-state index in [1.807, 2.05) is 54.6 Å². The molecule has 152 valence electrons. The summed E-state index contributed by atoms with van der Waals surface area (Å²) in [5.74, 6) is 1.91. The summed E-state index contributed by atoms with van der Waals surface area (Å²) in [5.41, 5.74) is 3.47. The second-order valence-corrected chi connectivity index (χ2v) is 7.72. The zero-order chi connectivity index (χ0) is 20.9. The normalized spacial score (nSPS) is 10.7. The van der Waals surface area contributed by atoms with Gasteiger partial charge < -0.3 is 14.6 Å². The molecule has 0 saturated carbocycles. The van der Waals surface area contributed by atoms with E-state index in [1.54, 1.807) is 18.3 Å². The van der Waals surface area contributed by atoms with Crippen molar-refractivity contribution in [2.24, 2.45) is 0 Å². The van der Waals surface area contributed by atoms with Crippen molar-refractivity contribution in [3.63, 3.8) is 0 Å². The van der Waals surface area contributed by atoms with E-state index in [-0.39, 0.29) is 5.75 Å². The fourth-order valence-electron chi connectivity index (χ4n) is 3.03. The minimum atomic E-state index is 0.0822. The van der Waals surface area contributed by atoms with Gasteiger partial charge in [-0.15, -0.1) is 0 Å². The summed E-state index contributed by atoms with van der Waals surface area (Å²) in [6.45, 7) is 2.53. The summed E-state index contributed by atoms with van der Waals surface area (Å²) in [6.07, 6.45) is 2.57. The maximum atomic E-state index is 10.6. The van der Waals surface area contributed by atoms with E-state index in [2.05, 4.69) is 33.1 Å². The lowest BCUT2D eigenvalue weighted by molar-refractivity contribution is 0.304. The Bertz CT molecular complexity index is 1120. The Kier molecular flexibility index (Phi) is 6.05. The number of phenols is 1. The van der Waals surface area contributed by atoms with Gasteiger partial charge in [0, 0.05) is 16.1 Å². The van der Waals surface area contributed by atoms with Crippen LogP contribution in [0.15, 0.2) is 77.4 Å². The molecule has 0 aliphatic carbocycles. The van der Waals surface area contributed by atoms with Crippen molar-refractivity contribution in [1.29, 1.82) is 0 Å². The second-order valence-electron chi connectivity index (χ2n) is 6.80. The molecule has 0 radical (unpaired) electrons. The van der Waals surface area contributed by atoms with E-state index in [4.69, 9.17) is 9.47 Å². The summed E-state index contributed by atoms with van der Waals surface area (Å²) < 4.78 is 12.8. The first-order valence-corrected chi connectivity index (χ1v) is 10.4. The molecule has 0 amide bonds. The van der Waals surface area contributed by atoms with Crippen LogP contribution < -0.4 is 9.47 Å². The molecule has 0 atom stereocenters. The van der Waals surface area contributed by atoms with Crippen molar-refractivity contribution >= 4 is 15.9 Å². The van der Waals surface area contributed by atoms with Crippen molar-refractivity contribution in [3.05, 3.63) is 88.5 Å². The number of aromatic amines is 1. The van der Waals surface area contributed by atoms with E-state index >= 15 is 0 Å². The van der Waals surface area contributed by atoms with Gasteiger partial charge in [-0.1, -0.05) is 47.1 Å². The zero-order valence-electron chi connectivity index (χ0n) is 16.4. The molecular formula is C24H21BrN2O3. The Balaban J connectivity index is 1.49. The number of ether oxygens (including phenoxy) is 2. The van der Waals surface area contributed by atoms with Gasteiger partial charge in [0.15, 0.2) is 5.75 Å². The number of aromatic nitrogens is 2. The molecule has 3 aromatic carbocycles. The summed E-state index contributed by atoms with van der Waals surface area (Å²) in [4.78, 5) is 0. The van der Waals surface area contributed by atoms with E-state index in [9.17, 15) is 5.11 Å². The second kappa shape index (κ2) is 9.05. The molecule has 0 saturated heterocycles. The average molecular weight is 465 g/mol. The first-order valence-electron chi connectivity index (χ1n) is 9.63. The number of aromatic hydroxyl groups is 1. The fraction of sp³-hybridized carbons (Fsp3) is 0.125. The van der Waals surface area contributed by atoms with Gasteiger partial charge in [0.05, 0.1) is 6.20 Å². The van der Waals surface area contributed by atoms with Crippen LogP contribution in [0.2, 0.25) is 0 Å². The number of nitrogens with one attached hydrogen (secondary N) is 1. The van der Waals surface area contributed by atoms with E-state index in [1.165, 1.54) is 5.56 Å². The van der Waals surface area contributed by atoms with Crippen LogP contribution in [0.3, 0.4) is 0 Å². The summed E-state index contributed by atoms with van der Waals surface area (Å²) in [7, 11) is 0. The number of halogens is 1.